The number of carbonyl (C=O) groups is 2. The molecule has 122 valence electrons. The molecule has 0 aromatic heterocycles. The summed E-state index contributed by atoms with van der Waals surface area (Å²) in [5, 5.41) is 12.3. The van der Waals surface area contributed by atoms with Crippen LogP contribution >= 0.6 is 11.8 Å². The summed E-state index contributed by atoms with van der Waals surface area (Å²) < 4.78 is 0. The van der Waals surface area contributed by atoms with Crippen molar-refractivity contribution in [3.05, 3.63) is 0 Å². The number of urea groups is 1. The molecule has 0 saturated carbocycles. The third kappa shape index (κ3) is 5.77. The molecule has 1 aliphatic rings. The maximum absolute atomic E-state index is 12.3. The van der Waals surface area contributed by atoms with E-state index in [4.69, 9.17) is 5.11 Å². The minimum Gasteiger partial charge on any atom is -0.481 e. The average Bonchev–Trinajstić information content (AvgIpc) is 2.41. The molecular formula is C15H28N2O3S. The minimum absolute atomic E-state index is 0.00781. The van der Waals surface area contributed by atoms with Crippen LogP contribution in [0.25, 0.3) is 0 Å². The number of carboxylic acid groups (broad SMARTS) is 1. The van der Waals surface area contributed by atoms with Gasteiger partial charge in [-0.3, -0.25) is 4.79 Å². The molecule has 1 rings (SSSR count). The molecule has 0 radical (unpaired) electrons. The zero-order valence-electron chi connectivity index (χ0n) is 13.5. The number of nitrogens with zero attached hydrogens (tertiary/aromatic N) is 1. The van der Waals surface area contributed by atoms with Crippen LogP contribution in [0.1, 0.15) is 47.0 Å². The molecule has 21 heavy (non-hydrogen) atoms. The molecule has 6 heteroatoms. The molecule has 2 N–H and O–H groups in total. The highest BCUT2D eigenvalue weighted by molar-refractivity contribution is 8.00. The summed E-state index contributed by atoms with van der Waals surface area (Å²) in [7, 11) is 0. The summed E-state index contributed by atoms with van der Waals surface area (Å²) in [6.07, 6.45) is 2.29. The summed E-state index contributed by atoms with van der Waals surface area (Å²) in [4.78, 5) is 24.9. The SMILES string of the molecule is CC(CCCC(C)C(=O)O)NC(=O)N1CCSC(C)C1C. The zero-order chi connectivity index (χ0) is 16.0. The number of carbonyl (C=O) groups excluding carboxylic acids is 1. The fourth-order valence-corrected chi connectivity index (χ4v) is 3.54. The molecule has 0 aliphatic carbocycles. The van der Waals surface area contributed by atoms with Crippen molar-refractivity contribution < 1.29 is 14.7 Å². The lowest BCUT2D eigenvalue weighted by atomic mass is 10.0. The van der Waals surface area contributed by atoms with Crippen molar-refractivity contribution in [1.29, 1.82) is 0 Å². The van der Waals surface area contributed by atoms with Gasteiger partial charge in [0.2, 0.25) is 0 Å². The molecule has 0 aromatic carbocycles. The minimum atomic E-state index is -0.750. The molecule has 2 amide bonds. The Labute approximate surface area is 131 Å². The summed E-state index contributed by atoms with van der Waals surface area (Å²) in [6.45, 7) is 8.75. The first-order valence-electron chi connectivity index (χ1n) is 7.74. The van der Waals surface area contributed by atoms with Crippen LogP contribution in [0.3, 0.4) is 0 Å². The molecule has 1 heterocycles. The molecule has 1 aliphatic heterocycles. The number of amides is 2. The highest BCUT2D eigenvalue weighted by Gasteiger charge is 2.29. The van der Waals surface area contributed by atoms with Gasteiger partial charge in [-0.05, 0) is 26.7 Å². The summed E-state index contributed by atoms with van der Waals surface area (Å²) in [5.74, 6) is -0.0723. The molecule has 0 spiro atoms. The van der Waals surface area contributed by atoms with Crippen molar-refractivity contribution in [1.82, 2.24) is 10.2 Å². The summed E-state index contributed by atoms with van der Waals surface area (Å²) in [5.41, 5.74) is 0. The Morgan fingerprint density at radius 3 is 2.62 bits per heavy atom. The van der Waals surface area contributed by atoms with Gasteiger partial charge in [0.25, 0.3) is 0 Å². The molecular weight excluding hydrogens is 288 g/mol. The predicted molar refractivity (Wildman–Crippen MR) is 86.7 cm³/mol. The molecule has 4 unspecified atom stereocenters. The van der Waals surface area contributed by atoms with E-state index in [0.29, 0.717) is 11.7 Å². The molecule has 1 saturated heterocycles. The normalized spacial score (nSPS) is 25.2. The lowest BCUT2D eigenvalue weighted by Crippen LogP contribution is -2.53. The highest BCUT2D eigenvalue weighted by atomic mass is 32.2. The topological polar surface area (TPSA) is 69.6 Å². The third-order valence-corrected chi connectivity index (χ3v) is 5.55. The average molecular weight is 316 g/mol. The fourth-order valence-electron chi connectivity index (χ4n) is 2.44. The standard InChI is InChI=1S/C15H28N2O3S/c1-10(14(18)19)6-5-7-11(2)16-15(20)17-8-9-21-13(4)12(17)3/h10-13H,5-9H2,1-4H3,(H,16,20)(H,18,19). The van der Waals surface area contributed by atoms with Gasteiger partial charge in [0, 0.05) is 29.6 Å². The highest BCUT2D eigenvalue weighted by Crippen LogP contribution is 2.24. The first-order chi connectivity index (χ1) is 9.82. The first-order valence-corrected chi connectivity index (χ1v) is 8.79. The number of carboxylic acids is 1. The number of hydrogen-bond donors (Lipinski definition) is 2. The van der Waals surface area contributed by atoms with E-state index in [1.165, 1.54) is 0 Å². The monoisotopic (exact) mass is 316 g/mol. The molecule has 1 fully saturated rings. The van der Waals surface area contributed by atoms with E-state index >= 15 is 0 Å². The summed E-state index contributed by atoms with van der Waals surface area (Å²) >= 11 is 1.91. The Bertz CT molecular complexity index is 365. The Hall–Kier alpha value is -0.910. The lowest BCUT2D eigenvalue weighted by molar-refractivity contribution is -0.141. The van der Waals surface area contributed by atoms with Crippen molar-refractivity contribution in [3.63, 3.8) is 0 Å². The lowest BCUT2D eigenvalue weighted by Gasteiger charge is -2.38. The number of rotatable bonds is 6. The van der Waals surface area contributed by atoms with Gasteiger partial charge in [-0.25, -0.2) is 4.79 Å². The number of aliphatic carboxylic acids is 1. The zero-order valence-corrected chi connectivity index (χ0v) is 14.3. The van der Waals surface area contributed by atoms with Crippen LogP contribution in [0.15, 0.2) is 0 Å². The first kappa shape index (κ1) is 18.1. The maximum Gasteiger partial charge on any atom is 0.317 e. The number of nitrogens with one attached hydrogen (secondary N) is 1. The van der Waals surface area contributed by atoms with Gasteiger partial charge >= 0.3 is 12.0 Å². The number of hydrogen-bond acceptors (Lipinski definition) is 3. The van der Waals surface area contributed by atoms with Gasteiger partial charge in [-0.15, -0.1) is 0 Å². The van der Waals surface area contributed by atoms with Crippen LogP contribution in [-0.4, -0.2) is 51.6 Å². The maximum atomic E-state index is 12.3. The van der Waals surface area contributed by atoms with E-state index < -0.39 is 5.97 Å². The van der Waals surface area contributed by atoms with Crippen LogP contribution < -0.4 is 5.32 Å². The van der Waals surface area contributed by atoms with Crippen LogP contribution in [0.5, 0.6) is 0 Å². The second-order valence-corrected chi connectivity index (χ2v) is 7.52. The van der Waals surface area contributed by atoms with E-state index in [-0.39, 0.29) is 24.0 Å². The smallest absolute Gasteiger partial charge is 0.317 e. The van der Waals surface area contributed by atoms with Crippen LogP contribution in [-0.2, 0) is 4.79 Å². The second kappa shape index (κ2) is 8.51. The van der Waals surface area contributed by atoms with Gasteiger partial charge < -0.3 is 15.3 Å². The van der Waals surface area contributed by atoms with Crippen molar-refractivity contribution in [2.24, 2.45) is 5.92 Å². The quantitative estimate of drug-likeness (QED) is 0.790. The van der Waals surface area contributed by atoms with Crippen LogP contribution in [0.4, 0.5) is 4.79 Å². The molecule has 0 bridgehead atoms. The second-order valence-electron chi connectivity index (χ2n) is 6.03. The third-order valence-electron chi connectivity index (χ3n) is 4.21. The van der Waals surface area contributed by atoms with Crippen molar-refractivity contribution >= 4 is 23.8 Å². The van der Waals surface area contributed by atoms with Crippen molar-refractivity contribution in [3.8, 4) is 0 Å². The largest absolute Gasteiger partial charge is 0.481 e. The van der Waals surface area contributed by atoms with E-state index in [2.05, 4.69) is 19.2 Å². The molecule has 4 atom stereocenters. The van der Waals surface area contributed by atoms with E-state index in [1.807, 2.05) is 23.6 Å². The van der Waals surface area contributed by atoms with Crippen LogP contribution in [0.2, 0.25) is 0 Å². The van der Waals surface area contributed by atoms with Gasteiger partial charge in [-0.1, -0.05) is 20.3 Å². The van der Waals surface area contributed by atoms with Gasteiger partial charge in [0.05, 0.1) is 5.92 Å². The molecule has 0 aromatic rings. The van der Waals surface area contributed by atoms with Gasteiger partial charge in [0.1, 0.15) is 0 Å². The fraction of sp³-hybridized carbons (Fsp3) is 0.867. The van der Waals surface area contributed by atoms with E-state index in [0.717, 1.165) is 25.1 Å². The molecule has 5 nitrogen and oxygen atoms in total. The van der Waals surface area contributed by atoms with Gasteiger partial charge in [0.15, 0.2) is 0 Å². The Morgan fingerprint density at radius 1 is 1.33 bits per heavy atom. The Morgan fingerprint density at radius 2 is 2.00 bits per heavy atom. The Kier molecular flexibility index (Phi) is 7.35. The van der Waals surface area contributed by atoms with Gasteiger partial charge in [-0.2, -0.15) is 11.8 Å². The van der Waals surface area contributed by atoms with E-state index in [1.54, 1.807) is 6.92 Å². The Balaban J connectivity index is 2.31. The van der Waals surface area contributed by atoms with Crippen molar-refractivity contribution in [2.75, 3.05) is 12.3 Å². The number of thioether (sulfide) groups is 1. The van der Waals surface area contributed by atoms with Crippen molar-refractivity contribution in [2.45, 2.75) is 64.3 Å². The predicted octanol–water partition coefficient (Wildman–Crippen LogP) is 2.80. The van der Waals surface area contributed by atoms with Crippen LogP contribution in [0, 0.1) is 5.92 Å². The van der Waals surface area contributed by atoms with E-state index in [9.17, 15) is 9.59 Å². The summed E-state index contributed by atoms with van der Waals surface area (Å²) in [6, 6.07) is 0.340.